The van der Waals surface area contributed by atoms with E-state index >= 15 is 0 Å². The number of nitrogens with zero attached hydrogens (tertiary/aromatic N) is 1. The topological polar surface area (TPSA) is 45.5 Å². The molecule has 1 aromatic heterocycles. The van der Waals surface area contributed by atoms with Gasteiger partial charge in [0, 0.05) is 24.7 Å². The fraction of sp³-hybridized carbons (Fsp3) is 0.312. The van der Waals surface area contributed by atoms with Crippen molar-refractivity contribution in [1.82, 2.24) is 5.32 Å². The van der Waals surface area contributed by atoms with Gasteiger partial charge < -0.3 is 14.6 Å². The quantitative estimate of drug-likeness (QED) is 0.932. The van der Waals surface area contributed by atoms with Gasteiger partial charge in [-0.25, -0.2) is 0 Å². The van der Waals surface area contributed by atoms with Gasteiger partial charge in [0.15, 0.2) is 0 Å². The number of carbonyl (C=O) groups is 1. The molecule has 104 valence electrons. The first-order valence-corrected chi connectivity index (χ1v) is 6.79. The largest absolute Gasteiger partial charge is 0.472 e. The van der Waals surface area contributed by atoms with Gasteiger partial charge in [-0.15, -0.1) is 0 Å². The Bertz CT molecular complexity index is 619. The molecule has 2 heterocycles. The van der Waals surface area contributed by atoms with Gasteiger partial charge in [0.05, 0.1) is 18.6 Å². The first-order valence-electron chi connectivity index (χ1n) is 6.79. The highest BCUT2D eigenvalue weighted by Crippen LogP contribution is 2.31. The highest BCUT2D eigenvalue weighted by molar-refractivity contribution is 5.95. The molecule has 1 N–H and O–H groups in total. The number of hydrogen-bond acceptors (Lipinski definition) is 3. The third-order valence-electron chi connectivity index (χ3n) is 3.95. The average molecular weight is 270 g/mol. The van der Waals surface area contributed by atoms with Gasteiger partial charge in [0.25, 0.3) is 0 Å². The van der Waals surface area contributed by atoms with E-state index in [1.165, 1.54) is 11.1 Å². The number of hydrogen-bond donors (Lipinski definition) is 1. The monoisotopic (exact) mass is 270 g/mol. The third kappa shape index (κ3) is 2.12. The molecule has 0 spiro atoms. The van der Waals surface area contributed by atoms with Crippen LogP contribution in [-0.4, -0.2) is 20.0 Å². The molecule has 2 aromatic rings. The van der Waals surface area contributed by atoms with Crippen LogP contribution in [0.3, 0.4) is 0 Å². The summed E-state index contributed by atoms with van der Waals surface area (Å²) in [7, 11) is 3.78. The van der Waals surface area contributed by atoms with Gasteiger partial charge >= 0.3 is 0 Å². The summed E-state index contributed by atoms with van der Waals surface area (Å²) in [5, 5.41) is 3.31. The van der Waals surface area contributed by atoms with E-state index in [1.807, 2.05) is 26.2 Å². The molecule has 0 fully saturated rings. The normalized spacial score (nSPS) is 16.1. The Labute approximate surface area is 118 Å². The van der Waals surface area contributed by atoms with Crippen LogP contribution in [0, 0.1) is 0 Å². The van der Waals surface area contributed by atoms with Crippen molar-refractivity contribution in [3.8, 4) is 0 Å². The van der Waals surface area contributed by atoms with E-state index in [0.717, 1.165) is 17.7 Å². The van der Waals surface area contributed by atoms with Crippen molar-refractivity contribution in [3.63, 3.8) is 0 Å². The number of amides is 1. The zero-order valence-electron chi connectivity index (χ0n) is 11.7. The van der Waals surface area contributed by atoms with Crippen molar-refractivity contribution in [2.45, 2.75) is 18.9 Å². The minimum absolute atomic E-state index is 0.113. The van der Waals surface area contributed by atoms with Crippen LogP contribution in [-0.2, 0) is 11.2 Å². The standard InChI is InChI=1S/C16H18N2O2/c1-17-16(13-7-8-20-10-13)12-3-5-14-11(9-12)4-6-15(19)18(14)2/h3,5,7-10,16-17H,4,6H2,1-2H3. The van der Waals surface area contributed by atoms with Crippen LogP contribution in [0.2, 0.25) is 0 Å². The van der Waals surface area contributed by atoms with E-state index in [0.29, 0.717) is 6.42 Å². The molecule has 0 saturated carbocycles. The Morgan fingerprint density at radius 3 is 2.80 bits per heavy atom. The summed E-state index contributed by atoms with van der Waals surface area (Å²) in [5.74, 6) is 0.185. The molecule has 1 atom stereocenters. The van der Waals surface area contributed by atoms with Crippen molar-refractivity contribution in [3.05, 3.63) is 53.5 Å². The number of benzene rings is 1. The maximum atomic E-state index is 11.7. The number of nitrogens with one attached hydrogen (secondary N) is 1. The van der Waals surface area contributed by atoms with E-state index < -0.39 is 0 Å². The molecule has 1 unspecified atom stereocenters. The second kappa shape index (κ2) is 5.13. The first kappa shape index (κ1) is 12.9. The van der Waals surface area contributed by atoms with E-state index in [9.17, 15) is 4.79 Å². The van der Waals surface area contributed by atoms with Crippen LogP contribution in [0.15, 0.2) is 41.2 Å². The first-order chi connectivity index (χ1) is 9.70. The molecule has 0 aliphatic carbocycles. The summed E-state index contributed by atoms with van der Waals surface area (Å²) < 4.78 is 5.17. The SMILES string of the molecule is CNC(c1ccoc1)c1ccc2c(c1)CCC(=O)N2C. The Kier molecular flexibility index (Phi) is 3.32. The van der Waals surface area contributed by atoms with Crippen molar-refractivity contribution in [1.29, 1.82) is 0 Å². The summed E-state index contributed by atoms with van der Waals surface area (Å²) in [4.78, 5) is 13.5. The van der Waals surface area contributed by atoms with Gasteiger partial charge in [-0.1, -0.05) is 12.1 Å². The smallest absolute Gasteiger partial charge is 0.227 e. The maximum absolute atomic E-state index is 11.7. The van der Waals surface area contributed by atoms with Crippen LogP contribution in [0.4, 0.5) is 5.69 Å². The molecule has 1 amide bonds. The minimum Gasteiger partial charge on any atom is -0.472 e. The van der Waals surface area contributed by atoms with Crippen molar-refractivity contribution in [2.75, 3.05) is 19.0 Å². The second-order valence-electron chi connectivity index (χ2n) is 5.12. The summed E-state index contributed by atoms with van der Waals surface area (Å²) in [6.45, 7) is 0. The molecule has 20 heavy (non-hydrogen) atoms. The lowest BCUT2D eigenvalue weighted by atomic mass is 9.94. The minimum atomic E-state index is 0.113. The van der Waals surface area contributed by atoms with E-state index in [4.69, 9.17) is 4.42 Å². The number of fused-ring (bicyclic) bond motifs is 1. The Morgan fingerprint density at radius 2 is 2.10 bits per heavy atom. The third-order valence-corrected chi connectivity index (χ3v) is 3.95. The Hall–Kier alpha value is -2.07. The van der Waals surface area contributed by atoms with E-state index in [1.54, 1.807) is 17.4 Å². The highest BCUT2D eigenvalue weighted by Gasteiger charge is 2.22. The fourth-order valence-electron chi connectivity index (χ4n) is 2.82. The second-order valence-corrected chi connectivity index (χ2v) is 5.12. The van der Waals surface area contributed by atoms with E-state index in [2.05, 4.69) is 17.4 Å². The molecular formula is C16H18N2O2. The molecule has 3 rings (SSSR count). The van der Waals surface area contributed by atoms with Gasteiger partial charge in [-0.3, -0.25) is 4.79 Å². The molecule has 0 radical (unpaired) electrons. The molecular weight excluding hydrogens is 252 g/mol. The zero-order valence-corrected chi connectivity index (χ0v) is 11.7. The summed E-state index contributed by atoms with van der Waals surface area (Å²) in [5.41, 5.74) is 4.54. The molecule has 0 bridgehead atoms. The number of carbonyl (C=O) groups excluding carboxylic acids is 1. The molecule has 1 aliphatic rings. The van der Waals surface area contributed by atoms with Crippen LogP contribution in [0.1, 0.15) is 29.2 Å². The lowest BCUT2D eigenvalue weighted by Gasteiger charge is -2.27. The van der Waals surface area contributed by atoms with Gasteiger partial charge in [0.2, 0.25) is 5.91 Å². The van der Waals surface area contributed by atoms with Crippen LogP contribution in [0.5, 0.6) is 0 Å². The van der Waals surface area contributed by atoms with Gasteiger partial charge in [0.1, 0.15) is 0 Å². The highest BCUT2D eigenvalue weighted by atomic mass is 16.3. The predicted molar refractivity (Wildman–Crippen MR) is 77.8 cm³/mol. The number of anilines is 1. The van der Waals surface area contributed by atoms with Crippen LogP contribution in [0.25, 0.3) is 0 Å². The van der Waals surface area contributed by atoms with Crippen LogP contribution < -0.4 is 10.2 Å². The van der Waals surface area contributed by atoms with Crippen LogP contribution >= 0.6 is 0 Å². The Balaban J connectivity index is 1.98. The molecule has 4 heteroatoms. The summed E-state index contributed by atoms with van der Waals surface area (Å²) in [6.07, 6.45) is 4.85. The molecule has 1 aromatic carbocycles. The summed E-state index contributed by atoms with van der Waals surface area (Å²) >= 11 is 0. The average Bonchev–Trinajstić information content (AvgIpc) is 2.98. The van der Waals surface area contributed by atoms with Crippen molar-refractivity contribution >= 4 is 11.6 Å². The summed E-state index contributed by atoms with van der Waals surface area (Å²) in [6, 6.07) is 8.37. The zero-order chi connectivity index (χ0) is 14.1. The molecule has 1 aliphatic heterocycles. The number of furan rings is 1. The lowest BCUT2D eigenvalue weighted by Crippen LogP contribution is -2.31. The number of aryl methyl sites for hydroxylation is 1. The predicted octanol–water partition coefficient (Wildman–Crippen LogP) is 2.50. The lowest BCUT2D eigenvalue weighted by molar-refractivity contribution is -0.118. The van der Waals surface area contributed by atoms with Gasteiger partial charge in [-0.05, 0) is 36.7 Å². The van der Waals surface area contributed by atoms with Crippen molar-refractivity contribution in [2.24, 2.45) is 0 Å². The Morgan fingerprint density at radius 1 is 1.25 bits per heavy atom. The fourth-order valence-corrected chi connectivity index (χ4v) is 2.82. The van der Waals surface area contributed by atoms with E-state index in [-0.39, 0.29) is 11.9 Å². The molecule has 4 nitrogen and oxygen atoms in total. The number of rotatable bonds is 3. The maximum Gasteiger partial charge on any atom is 0.227 e. The molecule has 0 saturated heterocycles. The van der Waals surface area contributed by atoms with Crippen molar-refractivity contribution < 1.29 is 9.21 Å². The van der Waals surface area contributed by atoms with Gasteiger partial charge in [-0.2, -0.15) is 0 Å².